The van der Waals surface area contributed by atoms with Crippen molar-refractivity contribution in [1.29, 1.82) is 5.26 Å². The number of nitrogen functional groups attached to an aromatic ring is 1. The van der Waals surface area contributed by atoms with E-state index in [4.69, 9.17) is 10.7 Å². The van der Waals surface area contributed by atoms with E-state index in [0.717, 1.165) is 30.8 Å². The Labute approximate surface area is 213 Å². The molecule has 2 aliphatic rings. The molecule has 3 N–H and O–H groups in total. The van der Waals surface area contributed by atoms with Crippen molar-refractivity contribution in [3.63, 3.8) is 0 Å². The van der Waals surface area contributed by atoms with Crippen LogP contribution in [0.5, 0.6) is 0 Å². The van der Waals surface area contributed by atoms with Crippen molar-refractivity contribution >= 4 is 5.82 Å². The average Bonchev–Trinajstić information content (AvgIpc) is 3.48. The normalized spacial score (nSPS) is 18.0. The van der Waals surface area contributed by atoms with E-state index in [9.17, 15) is 9.65 Å². The Morgan fingerprint density at radius 1 is 1.19 bits per heavy atom. The first kappa shape index (κ1) is 23.2. The van der Waals surface area contributed by atoms with Crippen LogP contribution in [-0.4, -0.2) is 42.0 Å². The van der Waals surface area contributed by atoms with Gasteiger partial charge in [0, 0.05) is 22.7 Å². The molecule has 6 rings (SSSR count). The molecule has 4 aromatic rings. The number of aromatic nitrogens is 6. The summed E-state index contributed by atoms with van der Waals surface area (Å²) in [6.45, 7) is 3.22. The number of benzene rings is 1. The van der Waals surface area contributed by atoms with E-state index in [0.29, 0.717) is 34.7 Å². The number of nitrogens with two attached hydrogens (primary N) is 1. The van der Waals surface area contributed by atoms with E-state index >= 15 is 0 Å². The van der Waals surface area contributed by atoms with Gasteiger partial charge in [0.25, 0.3) is 0 Å². The molecule has 10 heteroatoms. The summed E-state index contributed by atoms with van der Waals surface area (Å²) in [5, 5.41) is 21.4. The van der Waals surface area contributed by atoms with Crippen LogP contribution in [0.1, 0.15) is 54.1 Å². The number of nitriles is 1. The summed E-state index contributed by atoms with van der Waals surface area (Å²) >= 11 is 0. The molecular formula is C27H26FN9. The second-order valence-corrected chi connectivity index (χ2v) is 9.94. The molecule has 1 aromatic carbocycles. The lowest BCUT2D eigenvalue weighted by atomic mass is 9.88. The van der Waals surface area contributed by atoms with Crippen LogP contribution in [0, 0.1) is 24.1 Å². The Balaban J connectivity index is 1.27. The minimum Gasteiger partial charge on any atom is -0.381 e. The lowest BCUT2D eigenvalue weighted by Gasteiger charge is -2.30. The molecule has 37 heavy (non-hydrogen) atoms. The molecule has 186 valence electrons. The molecule has 0 amide bonds. The minimum atomic E-state index is -0.759. The van der Waals surface area contributed by atoms with Crippen LogP contribution in [0.4, 0.5) is 10.2 Å². The lowest BCUT2D eigenvalue weighted by molar-refractivity contribution is 0.341. The third kappa shape index (κ3) is 4.42. The van der Waals surface area contributed by atoms with E-state index in [-0.39, 0.29) is 23.0 Å². The zero-order valence-corrected chi connectivity index (χ0v) is 20.4. The van der Waals surface area contributed by atoms with Gasteiger partial charge in [-0.1, -0.05) is 23.4 Å². The Hall–Kier alpha value is -4.23. The Morgan fingerprint density at radius 2 is 2.03 bits per heavy atom. The molecule has 2 fully saturated rings. The number of hydrogen-bond acceptors (Lipinski definition) is 8. The third-order valence-corrected chi connectivity index (χ3v) is 7.41. The second-order valence-electron chi connectivity index (χ2n) is 9.94. The van der Waals surface area contributed by atoms with E-state index in [1.165, 1.54) is 12.8 Å². The van der Waals surface area contributed by atoms with Crippen LogP contribution >= 0.6 is 0 Å². The highest BCUT2D eigenvalue weighted by atomic mass is 19.1. The van der Waals surface area contributed by atoms with Crippen LogP contribution in [0.25, 0.3) is 22.8 Å². The first-order chi connectivity index (χ1) is 17.9. The predicted octanol–water partition coefficient (Wildman–Crippen LogP) is 3.75. The second kappa shape index (κ2) is 9.01. The summed E-state index contributed by atoms with van der Waals surface area (Å²) in [7, 11) is 0. The fraction of sp³-hybridized carbons (Fsp3) is 0.333. The third-order valence-electron chi connectivity index (χ3n) is 7.41. The summed E-state index contributed by atoms with van der Waals surface area (Å²) in [5.41, 5.74) is 10.2. The van der Waals surface area contributed by atoms with Gasteiger partial charge >= 0.3 is 0 Å². The van der Waals surface area contributed by atoms with Gasteiger partial charge in [-0.2, -0.15) is 5.26 Å². The monoisotopic (exact) mass is 495 g/mol. The number of nitrogens with zero attached hydrogens (tertiary/aromatic N) is 7. The zero-order valence-electron chi connectivity index (χ0n) is 20.4. The highest BCUT2D eigenvalue weighted by Crippen LogP contribution is 2.46. The van der Waals surface area contributed by atoms with Crippen molar-refractivity contribution < 1.29 is 4.39 Å². The summed E-state index contributed by atoms with van der Waals surface area (Å²) < 4.78 is 16.6. The van der Waals surface area contributed by atoms with Crippen LogP contribution in [0.15, 0.2) is 42.6 Å². The lowest BCUT2D eigenvalue weighted by Crippen LogP contribution is -2.39. The molecule has 1 atom stereocenters. The number of hydrogen-bond donors (Lipinski definition) is 2. The Bertz CT molecular complexity index is 1530. The molecule has 0 bridgehead atoms. The quantitative estimate of drug-likeness (QED) is 0.428. The standard InChI is InChI=1S/C27H26FN9/c1-16-18(13-29)4-2-6-20(16)26-33-24(23(28)25(30)34-26)22-15-37(36-35-22)14-19-5-3-7-21(32-19)17-8-11-31-27(12-17)9-10-27/h2-7,15,17,31H,8-12,14H2,1H3,(H2,30,33,34). The van der Waals surface area contributed by atoms with Crippen LogP contribution in [-0.2, 0) is 6.54 Å². The fourth-order valence-corrected chi connectivity index (χ4v) is 5.16. The molecule has 1 aliphatic heterocycles. The first-order valence-electron chi connectivity index (χ1n) is 12.4. The molecule has 0 radical (unpaired) electrons. The number of nitrogens with one attached hydrogen (secondary N) is 1. The van der Waals surface area contributed by atoms with E-state index in [1.807, 2.05) is 12.1 Å². The van der Waals surface area contributed by atoms with Crippen molar-refractivity contribution in [1.82, 2.24) is 35.3 Å². The van der Waals surface area contributed by atoms with Gasteiger partial charge in [-0.3, -0.25) is 4.98 Å². The van der Waals surface area contributed by atoms with Crippen molar-refractivity contribution in [2.24, 2.45) is 0 Å². The van der Waals surface area contributed by atoms with E-state index < -0.39 is 5.82 Å². The zero-order chi connectivity index (χ0) is 25.6. The average molecular weight is 496 g/mol. The van der Waals surface area contributed by atoms with Crippen molar-refractivity contribution in [3.05, 3.63) is 70.9 Å². The maximum atomic E-state index is 15.0. The molecule has 1 aliphatic carbocycles. The molecule has 1 saturated carbocycles. The van der Waals surface area contributed by atoms with Gasteiger partial charge < -0.3 is 11.1 Å². The number of piperidine rings is 1. The molecule has 3 aromatic heterocycles. The van der Waals surface area contributed by atoms with Gasteiger partial charge in [-0.05, 0) is 62.9 Å². The van der Waals surface area contributed by atoms with Gasteiger partial charge in [0.1, 0.15) is 11.4 Å². The summed E-state index contributed by atoms with van der Waals surface area (Å²) in [6, 6.07) is 13.5. The first-order valence-corrected chi connectivity index (χ1v) is 12.4. The number of anilines is 1. The van der Waals surface area contributed by atoms with Crippen molar-refractivity contribution in [3.8, 4) is 28.8 Å². The van der Waals surface area contributed by atoms with Gasteiger partial charge in [0.05, 0.1) is 30.1 Å². The Morgan fingerprint density at radius 3 is 2.84 bits per heavy atom. The van der Waals surface area contributed by atoms with Crippen LogP contribution in [0.2, 0.25) is 0 Å². The largest absolute Gasteiger partial charge is 0.381 e. The molecule has 9 nitrogen and oxygen atoms in total. The number of halogens is 1. The smallest absolute Gasteiger partial charge is 0.193 e. The van der Waals surface area contributed by atoms with Crippen molar-refractivity contribution in [2.75, 3.05) is 12.3 Å². The summed E-state index contributed by atoms with van der Waals surface area (Å²) in [5.74, 6) is -0.372. The van der Waals surface area contributed by atoms with Crippen LogP contribution < -0.4 is 11.1 Å². The summed E-state index contributed by atoms with van der Waals surface area (Å²) in [4.78, 5) is 13.4. The maximum absolute atomic E-state index is 15.0. The van der Waals surface area contributed by atoms with Gasteiger partial charge in [-0.15, -0.1) is 5.10 Å². The van der Waals surface area contributed by atoms with Gasteiger partial charge in [0.15, 0.2) is 17.5 Å². The minimum absolute atomic E-state index is 0.0401. The van der Waals surface area contributed by atoms with Gasteiger partial charge in [-0.25, -0.2) is 19.0 Å². The number of pyridine rings is 1. The SMILES string of the molecule is Cc1c(C#N)cccc1-c1nc(N)c(F)c(-c2cn(Cc3cccc(C4CCNC5(CC5)C4)n3)nn2)n1. The topological polar surface area (TPSA) is 131 Å². The molecule has 1 unspecified atom stereocenters. The highest BCUT2D eigenvalue weighted by molar-refractivity contribution is 5.69. The van der Waals surface area contributed by atoms with Crippen molar-refractivity contribution in [2.45, 2.75) is 50.6 Å². The Kier molecular flexibility index (Phi) is 5.65. The fourth-order valence-electron chi connectivity index (χ4n) is 5.16. The molecule has 1 saturated heterocycles. The molecular weight excluding hydrogens is 469 g/mol. The van der Waals surface area contributed by atoms with Gasteiger partial charge in [0.2, 0.25) is 0 Å². The summed E-state index contributed by atoms with van der Waals surface area (Å²) in [6.07, 6.45) is 6.34. The molecule has 4 heterocycles. The van der Waals surface area contributed by atoms with E-state index in [2.05, 4.69) is 37.7 Å². The highest BCUT2D eigenvalue weighted by Gasteiger charge is 2.46. The van der Waals surface area contributed by atoms with Crippen LogP contribution in [0.3, 0.4) is 0 Å². The molecule has 1 spiro atoms. The van der Waals surface area contributed by atoms with E-state index in [1.54, 1.807) is 36.0 Å². The maximum Gasteiger partial charge on any atom is 0.193 e. The number of rotatable bonds is 5. The predicted molar refractivity (Wildman–Crippen MR) is 136 cm³/mol.